The van der Waals surface area contributed by atoms with Crippen molar-refractivity contribution < 1.29 is 22.7 Å². The van der Waals surface area contributed by atoms with Gasteiger partial charge in [-0.25, -0.2) is 8.42 Å². The third-order valence-corrected chi connectivity index (χ3v) is 6.34. The molecule has 152 valence electrons. The maximum Gasteiger partial charge on any atom is 0.273 e. The van der Waals surface area contributed by atoms with Gasteiger partial charge in [0.25, 0.3) is 21.8 Å². The molecule has 7 nitrogen and oxygen atoms in total. The van der Waals surface area contributed by atoms with Crippen LogP contribution < -0.4 is 14.4 Å². The number of carbonyl (C=O) groups excluding carboxylic acids is 2. The van der Waals surface area contributed by atoms with Crippen LogP contribution >= 0.6 is 0 Å². The summed E-state index contributed by atoms with van der Waals surface area (Å²) in [5, 5.41) is 2.71. The van der Waals surface area contributed by atoms with Crippen molar-refractivity contribution in [2.24, 2.45) is 0 Å². The monoisotopic (exact) mass is 422 g/mol. The highest BCUT2D eigenvalue weighted by Crippen LogP contribution is 2.35. The molecule has 4 rings (SSSR count). The first-order valence-corrected chi connectivity index (χ1v) is 10.7. The molecule has 0 fully saturated rings. The van der Waals surface area contributed by atoms with Crippen molar-refractivity contribution in [3.05, 3.63) is 83.9 Å². The Morgan fingerprint density at radius 3 is 2.37 bits per heavy atom. The smallest absolute Gasteiger partial charge is 0.273 e. The van der Waals surface area contributed by atoms with Gasteiger partial charge in [-0.15, -0.1) is 0 Å². The van der Waals surface area contributed by atoms with Crippen LogP contribution in [0.2, 0.25) is 0 Å². The summed E-state index contributed by atoms with van der Waals surface area (Å²) in [7, 11) is -4.10. The molecule has 0 saturated heterocycles. The number of carbonyl (C=O) groups is 2. The molecule has 1 heterocycles. The van der Waals surface area contributed by atoms with Crippen molar-refractivity contribution in [1.29, 1.82) is 0 Å². The van der Waals surface area contributed by atoms with Gasteiger partial charge in [0.1, 0.15) is 10.6 Å². The molecule has 0 spiro atoms. The van der Waals surface area contributed by atoms with Crippen LogP contribution in [-0.2, 0) is 10.0 Å². The molecular formula is C22H18N2O5S. The van der Waals surface area contributed by atoms with Gasteiger partial charge in [0, 0.05) is 11.3 Å². The van der Waals surface area contributed by atoms with Gasteiger partial charge in [-0.1, -0.05) is 18.2 Å². The average Bonchev–Trinajstić information content (AvgIpc) is 2.95. The normalized spacial score (nSPS) is 14.3. The van der Waals surface area contributed by atoms with Crippen LogP contribution in [0.15, 0.2) is 77.7 Å². The molecule has 0 saturated carbocycles. The van der Waals surface area contributed by atoms with Gasteiger partial charge in [-0.2, -0.15) is 4.31 Å². The Labute approximate surface area is 174 Å². The van der Waals surface area contributed by atoms with Crippen LogP contribution in [0.3, 0.4) is 0 Å². The van der Waals surface area contributed by atoms with Gasteiger partial charge < -0.3 is 10.1 Å². The summed E-state index contributed by atoms with van der Waals surface area (Å²) in [6.45, 7) is 2.41. The second kappa shape index (κ2) is 7.64. The molecule has 1 aliphatic heterocycles. The zero-order valence-electron chi connectivity index (χ0n) is 16.0. The Morgan fingerprint density at radius 1 is 1.00 bits per heavy atom. The van der Waals surface area contributed by atoms with E-state index in [9.17, 15) is 18.0 Å². The number of fused-ring (bicyclic) bond motifs is 1. The van der Waals surface area contributed by atoms with E-state index in [0.717, 1.165) is 4.31 Å². The third-order valence-electron chi connectivity index (χ3n) is 4.59. The number of hydrogen-bond acceptors (Lipinski definition) is 5. The number of nitrogens with one attached hydrogen (secondary N) is 1. The number of anilines is 2. The summed E-state index contributed by atoms with van der Waals surface area (Å²) < 4.78 is 32.1. The molecule has 2 amide bonds. The van der Waals surface area contributed by atoms with Crippen LogP contribution in [0, 0.1) is 0 Å². The number of benzene rings is 3. The summed E-state index contributed by atoms with van der Waals surface area (Å²) in [5.74, 6) is -0.448. The number of nitrogens with zero attached hydrogens (tertiary/aromatic N) is 1. The zero-order valence-corrected chi connectivity index (χ0v) is 16.8. The van der Waals surface area contributed by atoms with Crippen molar-refractivity contribution in [3.63, 3.8) is 0 Å². The molecule has 3 aromatic carbocycles. The standard InChI is InChI=1S/C22H18N2O5S/c1-2-29-18-11-9-16(10-12-18)23-21(25)15-8-13-19-20(14-15)30(27,28)24(22(19)26)17-6-4-3-5-7-17/h3-14H,2H2,1H3,(H,23,25). The van der Waals surface area contributed by atoms with Gasteiger partial charge in [0.2, 0.25) is 0 Å². The topological polar surface area (TPSA) is 92.8 Å². The lowest BCUT2D eigenvalue weighted by atomic mass is 10.1. The van der Waals surface area contributed by atoms with Crippen molar-refractivity contribution >= 4 is 33.2 Å². The Morgan fingerprint density at radius 2 is 1.70 bits per heavy atom. The van der Waals surface area contributed by atoms with E-state index in [-0.39, 0.29) is 21.7 Å². The van der Waals surface area contributed by atoms with Crippen LogP contribution in [0.1, 0.15) is 27.6 Å². The first-order chi connectivity index (χ1) is 14.4. The van der Waals surface area contributed by atoms with E-state index in [2.05, 4.69) is 5.32 Å². The number of para-hydroxylation sites is 1. The minimum Gasteiger partial charge on any atom is -0.494 e. The van der Waals surface area contributed by atoms with Crippen LogP contribution in [-0.4, -0.2) is 26.8 Å². The molecular weight excluding hydrogens is 404 g/mol. The minimum absolute atomic E-state index is 0.0384. The summed E-state index contributed by atoms with van der Waals surface area (Å²) >= 11 is 0. The second-order valence-electron chi connectivity index (χ2n) is 6.53. The Balaban J connectivity index is 1.62. The second-order valence-corrected chi connectivity index (χ2v) is 8.29. The molecule has 0 aromatic heterocycles. The Kier molecular flexibility index (Phi) is 5.01. The number of sulfonamides is 1. The SMILES string of the molecule is CCOc1ccc(NC(=O)c2ccc3c(c2)S(=O)(=O)N(c2ccccc2)C3=O)cc1. The highest BCUT2D eigenvalue weighted by atomic mass is 32.2. The van der Waals surface area contributed by atoms with E-state index >= 15 is 0 Å². The summed E-state index contributed by atoms with van der Waals surface area (Å²) in [4.78, 5) is 25.2. The van der Waals surface area contributed by atoms with E-state index in [1.165, 1.54) is 18.2 Å². The molecule has 0 bridgehead atoms. The van der Waals surface area contributed by atoms with Crippen LogP contribution in [0.5, 0.6) is 5.75 Å². The number of rotatable bonds is 5. The van der Waals surface area contributed by atoms with E-state index in [1.54, 1.807) is 54.6 Å². The van der Waals surface area contributed by atoms with Crippen LogP contribution in [0.4, 0.5) is 11.4 Å². The highest BCUT2D eigenvalue weighted by molar-refractivity contribution is 7.94. The lowest BCUT2D eigenvalue weighted by Crippen LogP contribution is -2.29. The van der Waals surface area contributed by atoms with Crippen LogP contribution in [0.25, 0.3) is 0 Å². The molecule has 30 heavy (non-hydrogen) atoms. The molecule has 1 aliphatic rings. The maximum absolute atomic E-state index is 13.0. The van der Waals surface area contributed by atoms with Gasteiger partial charge in [0.15, 0.2) is 0 Å². The molecule has 0 radical (unpaired) electrons. The van der Waals surface area contributed by atoms with Crippen molar-refractivity contribution in [2.45, 2.75) is 11.8 Å². The molecule has 1 N–H and O–H groups in total. The quantitative estimate of drug-likeness (QED) is 0.677. The first-order valence-electron chi connectivity index (χ1n) is 9.25. The van der Waals surface area contributed by atoms with E-state index in [4.69, 9.17) is 4.74 Å². The van der Waals surface area contributed by atoms with Crippen molar-refractivity contribution in [2.75, 3.05) is 16.2 Å². The predicted octanol–water partition coefficient (Wildman–Crippen LogP) is 3.69. The van der Waals surface area contributed by atoms with Gasteiger partial charge in [-0.05, 0) is 61.5 Å². The molecule has 8 heteroatoms. The molecule has 0 unspecified atom stereocenters. The maximum atomic E-state index is 13.0. The number of hydrogen-bond donors (Lipinski definition) is 1. The summed E-state index contributed by atoms with van der Waals surface area (Å²) in [6.07, 6.45) is 0. The fraction of sp³-hybridized carbons (Fsp3) is 0.0909. The fourth-order valence-corrected chi connectivity index (χ4v) is 4.82. The Bertz CT molecular complexity index is 1220. The largest absolute Gasteiger partial charge is 0.494 e. The summed E-state index contributed by atoms with van der Waals surface area (Å²) in [6, 6.07) is 19.0. The minimum atomic E-state index is -4.10. The van der Waals surface area contributed by atoms with Crippen molar-refractivity contribution in [1.82, 2.24) is 0 Å². The van der Waals surface area contributed by atoms with Crippen molar-refractivity contribution in [3.8, 4) is 5.75 Å². The first kappa shape index (κ1) is 19.7. The molecule has 0 atom stereocenters. The Hall–Kier alpha value is -3.65. The van der Waals surface area contributed by atoms with Gasteiger partial charge in [0.05, 0.1) is 17.9 Å². The predicted molar refractivity (Wildman–Crippen MR) is 112 cm³/mol. The fourth-order valence-electron chi connectivity index (χ4n) is 3.19. The lowest BCUT2D eigenvalue weighted by Gasteiger charge is -2.14. The van der Waals surface area contributed by atoms with E-state index in [0.29, 0.717) is 18.0 Å². The zero-order chi connectivity index (χ0) is 21.3. The lowest BCUT2D eigenvalue weighted by molar-refractivity contribution is 0.100. The highest BCUT2D eigenvalue weighted by Gasteiger charge is 2.42. The third kappa shape index (κ3) is 3.42. The van der Waals surface area contributed by atoms with E-state index in [1.807, 2.05) is 6.92 Å². The number of ether oxygens (including phenoxy) is 1. The molecule has 0 aliphatic carbocycles. The van der Waals surface area contributed by atoms with Gasteiger partial charge >= 0.3 is 0 Å². The number of amides is 2. The molecule has 3 aromatic rings. The van der Waals surface area contributed by atoms with Gasteiger partial charge in [-0.3, -0.25) is 9.59 Å². The van der Waals surface area contributed by atoms with E-state index < -0.39 is 21.8 Å². The summed E-state index contributed by atoms with van der Waals surface area (Å²) in [5.41, 5.74) is 0.957. The average molecular weight is 422 g/mol.